The molecule has 0 spiro atoms. The van der Waals surface area contributed by atoms with Gasteiger partial charge in [-0.05, 0) is 190 Å². The molecule has 0 unspecified atom stereocenters. The summed E-state index contributed by atoms with van der Waals surface area (Å²) in [6.45, 7) is 32.2. The minimum Gasteiger partial charge on any atom is -0.376 e. The first-order chi connectivity index (χ1) is 47.1. The predicted octanol–water partition coefficient (Wildman–Crippen LogP) is 22.2. The number of rotatable bonds is 9. The van der Waals surface area contributed by atoms with Crippen molar-refractivity contribution in [2.75, 3.05) is 0 Å². The molecule has 5 heterocycles. The van der Waals surface area contributed by atoms with E-state index in [1.807, 2.05) is 36.4 Å². The summed E-state index contributed by atoms with van der Waals surface area (Å²) < 4.78 is 73.2. The minimum atomic E-state index is -5.90. The minimum absolute atomic E-state index is 0.0111. The number of hydrogen-bond donors (Lipinski definition) is 0. The summed E-state index contributed by atoms with van der Waals surface area (Å²) in [4.78, 5) is 26.5. The predicted molar refractivity (Wildman–Crippen MR) is 400 cm³/mol. The van der Waals surface area contributed by atoms with Gasteiger partial charge in [-0.2, -0.15) is 21.6 Å². The van der Waals surface area contributed by atoms with E-state index in [1.54, 1.807) is 0 Å². The van der Waals surface area contributed by atoms with Crippen LogP contribution in [0.4, 0.5) is 13.2 Å². The van der Waals surface area contributed by atoms with Crippen LogP contribution in [0.15, 0.2) is 194 Å². The van der Waals surface area contributed by atoms with Crippen LogP contribution in [0.1, 0.15) is 144 Å². The van der Waals surface area contributed by atoms with Crippen molar-refractivity contribution in [1.82, 2.24) is 33.7 Å². The van der Waals surface area contributed by atoms with Crippen LogP contribution < -0.4 is 4.18 Å². The molecule has 0 atom stereocenters. The molecule has 0 bridgehead atoms. The molecule has 2 aliphatic rings. The van der Waals surface area contributed by atoms with Gasteiger partial charge in [0, 0.05) is 45.5 Å². The van der Waals surface area contributed by atoms with Gasteiger partial charge in [0.05, 0.1) is 38.8 Å². The van der Waals surface area contributed by atoms with Crippen LogP contribution in [0.5, 0.6) is 5.75 Å². The monoisotopic (exact) mass is 1350 g/mol. The fourth-order valence-corrected chi connectivity index (χ4v) is 17.3. The number of imidazole rings is 2. The highest BCUT2D eigenvalue weighted by atomic mass is 32.2. The molecule has 14 aromatic rings. The fourth-order valence-electron chi connectivity index (χ4n) is 16.8. The third-order valence-electron chi connectivity index (χ3n) is 20.9. The summed E-state index contributed by atoms with van der Waals surface area (Å²) >= 11 is 0. The fraction of sp³-hybridized carbons (Fsp3) is 0.267. The zero-order valence-electron chi connectivity index (χ0n) is 58.8. The van der Waals surface area contributed by atoms with E-state index >= 15 is 0 Å². The van der Waals surface area contributed by atoms with Gasteiger partial charge < -0.3 is 4.18 Å². The van der Waals surface area contributed by atoms with Crippen molar-refractivity contribution >= 4 is 65.3 Å². The molecule has 502 valence electrons. The Labute approximate surface area is 581 Å². The van der Waals surface area contributed by atoms with Crippen LogP contribution in [0.3, 0.4) is 0 Å². The molecule has 0 fully saturated rings. The number of pyridine rings is 1. The lowest BCUT2D eigenvalue weighted by Gasteiger charge is -2.22. The van der Waals surface area contributed by atoms with Crippen LogP contribution in [0, 0.1) is 0 Å². The van der Waals surface area contributed by atoms with Crippen LogP contribution in [-0.4, -0.2) is 47.6 Å². The quantitative estimate of drug-likeness (QED) is 0.104. The van der Waals surface area contributed by atoms with Crippen molar-refractivity contribution in [1.29, 1.82) is 0 Å². The Kier molecular flexibility index (Phi) is 14.2. The van der Waals surface area contributed by atoms with Gasteiger partial charge in [-0.15, -0.1) is 0 Å². The number of halogens is 3. The highest BCUT2D eigenvalue weighted by molar-refractivity contribution is 7.88. The summed E-state index contributed by atoms with van der Waals surface area (Å²) in [7, 11) is -5.90. The maximum absolute atomic E-state index is 13.4. The molecule has 5 aromatic heterocycles. The topological polar surface area (TPSA) is 117 Å². The molecule has 14 heteroatoms. The van der Waals surface area contributed by atoms with Gasteiger partial charge in [0.25, 0.3) is 0 Å². The zero-order chi connectivity index (χ0) is 70.3. The number of benzene rings is 9. The van der Waals surface area contributed by atoms with Crippen molar-refractivity contribution in [3.8, 4) is 83.8 Å². The average molecular weight is 1350 g/mol. The Morgan fingerprint density at radius 3 is 1.12 bits per heavy atom. The molecule has 2 aliphatic carbocycles. The van der Waals surface area contributed by atoms with Gasteiger partial charge in [-0.25, -0.2) is 19.9 Å². The zero-order valence-corrected chi connectivity index (χ0v) is 59.6. The summed E-state index contributed by atoms with van der Waals surface area (Å²) in [6, 6.07) is 64.7. The first-order valence-electron chi connectivity index (χ1n) is 34.3. The molecule has 0 radical (unpaired) electrons. The molecular formula is C86H78F3N7O3S. The lowest BCUT2D eigenvalue weighted by Crippen LogP contribution is -2.28. The lowest BCUT2D eigenvalue weighted by molar-refractivity contribution is -0.0500. The van der Waals surface area contributed by atoms with E-state index in [4.69, 9.17) is 19.9 Å². The molecule has 10 nitrogen and oxygen atoms in total. The van der Waals surface area contributed by atoms with Crippen molar-refractivity contribution in [3.05, 3.63) is 228 Å². The molecular weight excluding hydrogens is 1270 g/mol. The molecule has 16 rings (SSSR count). The number of hydrogen-bond acceptors (Lipinski definition) is 8. The molecule has 9 aromatic carbocycles. The Morgan fingerprint density at radius 1 is 0.390 bits per heavy atom. The van der Waals surface area contributed by atoms with E-state index < -0.39 is 21.4 Å². The Hall–Kier alpha value is -10.1. The summed E-state index contributed by atoms with van der Waals surface area (Å²) in [6.07, 6.45) is 3.35. The van der Waals surface area contributed by atoms with E-state index in [1.165, 1.54) is 34.5 Å². The van der Waals surface area contributed by atoms with E-state index in [2.05, 4.69) is 254 Å². The van der Waals surface area contributed by atoms with Gasteiger partial charge in [0.15, 0.2) is 0 Å². The van der Waals surface area contributed by atoms with Crippen LogP contribution in [-0.2, 0) is 42.6 Å². The second-order valence-corrected chi connectivity index (χ2v) is 33.9. The second-order valence-electron chi connectivity index (χ2n) is 32.4. The first kappa shape index (κ1) is 64.6. The number of fused-ring (bicyclic) bond motifs is 12. The largest absolute Gasteiger partial charge is 0.534 e. The number of alkyl halides is 3. The third kappa shape index (κ3) is 10.6. The highest BCUT2D eigenvalue weighted by Crippen LogP contribution is 2.53. The Bertz CT molecular complexity index is 5650. The van der Waals surface area contributed by atoms with Crippen molar-refractivity contribution in [2.24, 2.45) is 0 Å². The van der Waals surface area contributed by atoms with Crippen molar-refractivity contribution in [2.45, 2.75) is 148 Å². The molecule has 100 heavy (non-hydrogen) atoms. The molecule has 0 saturated carbocycles. The Balaban J connectivity index is 0.858. The van der Waals surface area contributed by atoms with Gasteiger partial charge in [-0.1, -0.05) is 206 Å². The lowest BCUT2D eigenvalue weighted by atomic mass is 9.82. The maximum atomic E-state index is 13.4. The molecule has 0 aliphatic heterocycles. The van der Waals surface area contributed by atoms with E-state index in [-0.39, 0.29) is 38.2 Å². The smallest absolute Gasteiger partial charge is 0.376 e. The summed E-state index contributed by atoms with van der Waals surface area (Å²) in [5.41, 5.74) is 19.5. The van der Waals surface area contributed by atoms with Crippen molar-refractivity contribution < 1.29 is 25.8 Å². The molecule has 0 amide bonds. The first-order valence-corrected chi connectivity index (χ1v) is 35.7. The normalized spacial score (nSPS) is 15.8. The van der Waals surface area contributed by atoms with Gasteiger partial charge in [0.1, 0.15) is 28.7 Å². The standard InChI is InChI=1S/C86H78F3N7O3S/c1-80(2,3)78-93-70-40-51(31-33-63(70)76-91-72-43-65-67(45-74(72)95(76)78)84(11,12)47-82(65,7)8)58-22-16-19-25-61(58)54-37-53(60-24-18-15-21-57(60)49-27-29-50(30-28-49)69-42-56(35-36-90-69)99-100(97,98)86(87,88)89)38-55(39-54)62-26-20-17-23-59(62)52-32-34-64-71(41-52)94-79(81(4,5)6)96-75-46-68-66(44-73(75)92-77(64)96)83(9,10)48-85(68,13)14/h15-46H,47-48H2,1-14H3. The van der Waals surface area contributed by atoms with E-state index in [0.29, 0.717) is 5.56 Å². The molecule has 0 N–H and O–H groups in total. The average Bonchev–Trinajstić information content (AvgIpc) is 1.55. The SMILES string of the molecule is CC(C)(C)c1nc2cc(-c3ccccc3-c3cc(-c4ccccc4-c4ccc(-c5cc(OS(=O)(=O)C(F)(F)F)ccn5)cc4)cc(-c4ccccc4-c4ccc5c(c4)nc(C(C)(C)C)n4c6cc7c(cc6nc54)C(C)(C)CC7(C)C)c3)ccc2c2nc3cc4c(cc3n12)C(C)(C)CC4(C)C. The third-order valence-corrected chi connectivity index (χ3v) is 21.9. The maximum Gasteiger partial charge on any atom is 0.534 e. The molecule has 0 saturated heterocycles. The summed E-state index contributed by atoms with van der Waals surface area (Å²) in [5.74, 6) is 1.38. The second kappa shape index (κ2) is 22.0. The van der Waals surface area contributed by atoms with Gasteiger partial charge in [-0.3, -0.25) is 13.8 Å². The van der Waals surface area contributed by atoms with Crippen LogP contribution in [0.2, 0.25) is 0 Å². The van der Waals surface area contributed by atoms with E-state index in [0.717, 1.165) is 152 Å². The van der Waals surface area contributed by atoms with Gasteiger partial charge >= 0.3 is 15.6 Å². The van der Waals surface area contributed by atoms with E-state index in [9.17, 15) is 21.6 Å². The highest BCUT2D eigenvalue weighted by Gasteiger charge is 2.49. The van der Waals surface area contributed by atoms with Crippen LogP contribution >= 0.6 is 0 Å². The summed E-state index contributed by atoms with van der Waals surface area (Å²) in [5, 5.41) is 1.95. The Morgan fingerprint density at radius 2 is 0.740 bits per heavy atom. The van der Waals surface area contributed by atoms with Crippen LogP contribution in [0.25, 0.3) is 133 Å². The number of aromatic nitrogens is 7. The van der Waals surface area contributed by atoms with Crippen molar-refractivity contribution in [3.63, 3.8) is 0 Å². The van der Waals surface area contributed by atoms with Gasteiger partial charge in [0.2, 0.25) is 0 Å². The number of nitrogens with zero attached hydrogens (tertiary/aromatic N) is 7.